The molecule has 0 aliphatic heterocycles. The number of carbonyl (C=O) groups excluding carboxylic acids is 2. The van der Waals surface area contributed by atoms with Gasteiger partial charge in [0.25, 0.3) is 6.26 Å². The fraction of sp³-hybridized carbons (Fsp3) is 0.714. The Morgan fingerprint density at radius 3 is 2.10 bits per heavy atom. The molecule has 0 heterocycles. The summed E-state index contributed by atoms with van der Waals surface area (Å²) < 4.78 is 9.50. The van der Waals surface area contributed by atoms with E-state index in [0.717, 1.165) is 0 Å². The molecule has 6 heteroatoms. The predicted molar refractivity (Wildman–Crippen MR) is 69.7 cm³/mol. The molecule has 0 radical (unpaired) electrons. The van der Waals surface area contributed by atoms with Gasteiger partial charge in [-0.2, -0.15) is 5.26 Å². The van der Waals surface area contributed by atoms with Crippen molar-refractivity contribution in [3.05, 3.63) is 0 Å². The van der Waals surface area contributed by atoms with Crippen molar-refractivity contribution in [2.75, 3.05) is 0 Å². The van der Waals surface area contributed by atoms with Crippen LogP contribution in [0, 0.1) is 34.2 Å². The molecule has 6 nitrogen and oxygen atoms in total. The molecule has 0 bridgehead atoms. The lowest BCUT2D eigenvalue weighted by molar-refractivity contribution is -0.169. The molecule has 2 unspecified atom stereocenters. The highest BCUT2D eigenvalue weighted by molar-refractivity contribution is 5.87. The lowest BCUT2D eigenvalue weighted by Crippen LogP contribution is -2.43. The second-order valence-electron chi connectivity index (χ2n) is 4.56. The van der Waals surface area contributed by atoms with Crippen LogP contribution in [0.15, 0.2) is 0 Å². The molecule has 0 fully saturated rings. The van der Waals surface area contributed by atoms with Crippen LogP contribution in [0.25, 0.3) is 0 Å². The average molecular weight is 280 g/mol. The van der Waals surface area contributed by atoms with Gasteiger partial charge in [0.1, 0.15) is 0 Å². The third-order valence-corrected chi connectivity index (χ3v) is 3.62. The van der Waals surface area contributed by atoms with E-state index in [1.54, 1.807) is 26.8 Å². The second kappa shape index (κ2) is 8.16. The Morgan fingerprint density at radius 1 is 1.20 bits per heavy atom. The van der Waals surface area contributed by atoms with Gasteiger partial charge in [0, 0.05) is 0 Å². The van der Waals surface area contributed by atoms with Crippen molar-refractivity contribution in [2.45, 2.75) is 53.1 Å². The van der Waals surface area contributed by atoms with Crippen LogP contribution >= 0.6 is 0 Å². The number of rotatable bonds is 7. The molecule has 2 atom stereocenters. The topological polar surface area (TPSA) is 100 Å². The van der Waals surface area contributed by atoms with E-state index in [4.69, 9.17) is 10.00 Å². The number of esters is 2. The summed E-state index contributed by atoms with van der Waals surface area (Å²) in [6.07, 6.45) is 2.07. The lowest BCUT2D eigenvalue weighted by atomic mass is 9.71. The van der Waals surface area contributed by atoms with Crippen molar-refractivity contribution in [1.82, 2.24) is 0 Å². The number of nitrogens with zero attached hydrogens (tertiary/aromatic N) is 2. The summed E-state index contributed by atoms with van der Waals surface area (Å²) in [5, 5.41) is 17.6. The Labute approximate surface area is 119 Å². The minimum Gasteiger partial charge on any atom is -0.462 e. The van der Waals surface area contributed by atoms with E-state index in [9.17, 15) is 14.9 Å². The molecule has 0 aliphatic carbocycles. The predicted octanol–water partition coefficient (Wildman–Crippen LogP) is 2.30. The third kappa shape index (κ3) is 3.71. The van der Waals surface area contributed by atoms with Gasteiger partial charge in [-0.25, -0.2) is 4.79 Å². The molecular weight excluding hydrogens is 260 g/mol. The van der Waals surface area contributed by atoms with Crippen molar-refractivity contribution in [2.24, 2.45) is 11.3 Å². The summed E-state index contributed by atoms with van der Waals surface area (Å²) in [6.45, 7) is 7.00. The quantitative estimate of drug-likeness (QED) is 0.524. The maximum atomic E-state index is 12.3. The Morgan fingerprint density at radius 2 is 1.75 bits per heavy atom. The molecule has 0 amide bonds. The molecule has 0 aromatic carbocycles. The second-order valence-corrected chi connectivity index (χ2v) is 4.56. The number of carbonyl (C=O) groups is 2. The van der Waals surface area contributed by atoms with E-state index in [1.807, 2.05) is 6.92 Å². The van der Waals surface area contributed by atoms with Crippen molar-refractivity contribution >= 4 is 11.9 Å². The fourth-order valence-electron chi connectivity index (χ4n) is 1.95. The van der Waals surface area contributed by atoms with Gasteiger partial charge < -0.3 is 9.47 Å². The molecule has 0 aromatic rings. The van der Waals surface area contributed by atoms with Gasteiger partial charge in [-0.05, 0) is 26.2 Å². The molecule has 0 N–H and O–H groups in total. The van der Waals surface area contributed by atoms with Gasteiger partial charge in [0.2, 0.25) is 0 Å². The van der Waals surface area contributed by atoms with Crippen LogP contribution in [0.1, 0.15) is 47.0 Å². The molecule has 0 rings (SSSR count). The van der Waals surface area contributed by atoms with Crippen molar-refractivity contribution < 1.29 is 19.1 Å². The van der Waals surface area contributed by atoms with E-state index >= 15 is 0 Å². The molecule has 0 spiro atoms. The normalized spacial score (nSPS) is 13.5. The van der Waals surface area contributed by atoms with Gasteiger partial charge in [0.15, 0.2) is 5.92 Å². The first-order chi connectivity index (χ1) is 9.43. The first-order valence-corrected chi connectivity index (χ1v) is 6.63. The van der Waals surface area contributed by atoms with Crippen LogP contribution in [0.3, 0.4) is 0 Å². The summed E-state index contributed by atoms with van der Waals surface area (Å²) >= 11 is 0. The van der Waals surface area contributed by atoms with Crippen molar-refractivity contribution in [1.29, 1.82) is 10.5 Å². The van der Waals surface area contributed by atoms with Crippen molar-refractivity contribution in [3.63, 3.8) is 0 Å². The maximum absolute atomic E-state index is 12.3. The van der Waals surface area contributed by atoms with Crippen LogP contribution in [-0.2, 0) is 19.1 Å². The van der Waals surface area contributed by atoms with Crippen LogP contribution in [-0.4, -0.2) is 18.0 Å². The molecular formula is C14H20N2O4. The zero-order chi connectivity index (χ0) is 15.8. The molecule has 0 aliphatic rings. The van der Waals surface area contributed by atoms with Gasteiger partial charge in [-0.15, -0.1) is 5.26 Å². The molecule has 20 heavy (non-hydrogen) atoms. The van der Waals surface area contributed by atoms with E-state index in [0.29, 0.717) is 6.42 Å². The van der Waals surface area contributed by atoms with Crippen molar-refractivity contribution in [3.8, 4) is 12.3 Å². The number of hydrogen-bond donors (Lipinski definition) is 0. The van der Waals surface area contributed by atoms with Gasteiger partial charge in [-0.3, -0.25) is 4.79 Å². The van der Waals surface area contributed by atoms with Crippen LogP contribution < -0.4 is 0 Å². The van der Waals surface area contributed by atoms with E-state index in [-0.39, 0.29) is 18.9 Å². The Bertz CT molecular complexity index is 429. The largest absolute Gasteiger partial charge is 0.462 e. The first-order valence-electron chi connectivity index (χ1n) is 6.63. The molecule has 0 saturated carbocycles. The Balaban J connectivity index is 5.47. The zero-order valence-corrected chi connectivity index (χ0v) is 12.3. The average Bonchev–Trinajstić information content (AvgIpc) is 2.44. The van der Waals surface area contributed by atoms with Gasteiger partial charge in [-0.1, -0.05) is 20.8 Å². The summed E-state index contributed by atoms with van der Waals surface area (Å²) in [7, 11) is 0. The summed E-state index contributed by atoms with van der Waals surface area (Å²) in [5.41, 5.74) is -1.29. The molecule has 0 saturated heterocycles. The maximum Gasteiger partial charge on any atom is 0.340 e. The standard InChI is InChI=1S/C14H20N2O4/c1-5-10(4)20-13(18)14(6-2,7-3)11(8-15)12(17)19-9-16/h10-11H,5-7H2,1-4H3. The van der Waals surface area contributed by atoms with Crippen LogP contribution in [0.2, 0.25) is 0 Å². The number of hydrogen-bond acceptors (Lipinski definition) is 6. The monoisotopic (exact) mass is 280 g/mol. The highest BCUT2D eigenvalue weighted by atomic mass is 16.5. The summed E-state index contributed by atoms with van der Waals surface area (Å²) in [4.78, 5) is 24.1. The lowest BCUT2D eigenvalue weighted by Gasteiger charge is -2.32. The number of ether oxygens (including phenoxy) is 2. The highest BCUT2D eigenvalue weighted by Gasteiger charge is 2.49. The fourth-order valence-corrected chi connectivity index (χ4v) is 1.95. The van der Waals surface area contributed by atoms with E-state index in [2.05, 4.69) is 4.74 Å². The third-order valence-electron chi connectivity index (χ3n) is 3.62. The minimum atomic E-state index is -1.35. The number of nitriles is 2. The van der Waals surface area contributed by atoms with Crippen LogP contribution in [0.4, 0.5) is 0 Å². The first kappa shape index (κ1) is 17.9. The van der Waals surface area contributed by atoms with E-state index in [1.165, 1.54) is 6.26 Å². The SMILES string of the molecule is CCC(C)OC(=O)C(CC)(CC)C(C#N)C(=O)OC#N. The molecule has 110 valence electrons. The van der Waals surface area contributed by atoms with Crippen LogP contribution in [0.5, 0.6) is 0 Å². The smallest absolute Gasteiger partial charge is 0.340 e. The van der Waals surface area contributed by atoms with Gasteiger partial charge in [0.05, 0.1) is 17.6 Å². The summed E-state index contributed by atoms with van der Waals surface area (Å²) in [6, 6.07) is 1.78. The van der Waals surface area contributed by atoms with E-state index < -0.39 is 23.3 Å². The zero-order valence-electron chi connectivity index (χ0n) is 12.3. The minimum absolute atomic E-state index is 0.248. The van der Waals surface area contributed by atoms with Gasteiger partial charge >= 0.3 is 11.9 Å². The summed E-state index contributed by atoms with van der Waals surface area (Å²) in [5.74, 6) is -2.97. The Hall–Kier alpha value is -2.08. The highest BCUT2D eigenvalue weighted by Crippen LogP contribution is 2.38. The molecule has 0 aromatic heterocycles. The Kier molecular flexibility index (Phi) is 7.31.